The molecular weight excluding hydrogens is 314 g/mol. The SMILES string of the molecule is O=C1Nc2ccc(Cl)cc2C1=Cc1cnc(C2CCOCC2)[nH]1. The van der Waals surface area contributed by atoms with Crippen molar-refractivity contribution in [3.05, 3.63) is 46.5 Å². The number of fused-ring (bicyclic) bond motifs is 1. The predicted molar refractivity (Wildman–Crippen MR) is 89.3 cm³/mol. The third-order valence-electron chi connectivity index (χ3n) is 4.29. The standard InChI is InChI=1S/C17H16ClN3O2/c18-11-1-2-15-13(7-11)14(17(22)21-15)8-12-9-19-16(20-12)10-3-5-23-6-4-10/h1-2,7-10H,3-6H2,(H,19,20)(H,21,22). The Hall–Kier alpha value is -2.11. The van der Waals surface area contributed by atoms with Crippen LogP contribution < -0.4 is 5.32 Å². The number of nitrogens with zero attached hydrogens (tertiary/aromatic N) is 1. The van der Waals surface area contributed by atoms with Crippen LogP contribution in [0.25, 0.3) is 11.6 Å². The molecular formula is C17H16ClN3O2. The van der Waals surface area contributed by atoms with Crippen LogP contribution in [0.3, 0.4) is 0 Å². The molecule has 23 heavy (non-hydrogen) atoms. The van der Waals surface area contributed by atoms with E-state index in [0.29, 0.717) is 16.5 Å². The van der Waals surface area contributed by atoms with E-state index in [2.05, 4.69) is 15.3 Å². The summed E-state index contributed by atoms with van der Waals surface area (Å²) in [6.45, 7) is 1.55. The molecule has 1 fully saturated rings. The van der Waals surface area contributed by atoms with Gasteiger partial charge in [-0.05, 0) is 37.1 Å². The van der Waals surface area contributed by atoms with Crippen LogP contribution in [0.2, 0.25) is 5.02 Å². The largest absolute Gasteiger partial charge is 0.381 e. The number of benzene rings is 1. The molecule has 1 aromatic heterocycles. The molecule has 4 rings (SSSR count). The van der Waals surface area contributed by atoms with E-state index >= 15 is 0 Å². The van der Waals surface area contributed by atoms with Crippen molar-refractivity contribution in [2.45, 2.75) is 18.8 Å². The van der Waals surface area contributed by atoms with Gasteiger partial charge in [-0.15, -0.1) is 0 Å². The zero-order valence-electron chi connectivity index (χ0n) is 12.4. The van der Waals surface area contributed by atoms with Gasteiger partial charge in [-0.1, -0.05) is 11.6 Å². The molecule has 5 nitrogen and oxygen atoms in total. The lowest BCUT2D eigenvalue weighted by Gasteiger charge is -2.19. The first-order valence-corrected chi connectivity index (χ1v) is 8.04. The first-order chi connectivity index (χ1) is 11.2. The maximum absolute atomic E-state index is 12.2. The predicted octanol–water partition coefficient (Wildman–Crippen LogP) is 3.45. The third-order valence-corrected chi connectivity index (χ3v) is 4.52. The fraction of sp³-hybridized carbons (Fsp3) is 0.294. The van der Waals surface area contributed by atoms with E-state index in [4.69, 9.17) is 16.3 Å². The van der Waals surface area contributed by atoms with Gasteiger partial charge in [0.2, 0.25) is 0 Å². The van der Waals surface area contributed by atoms with Crippen molar-refractivity contribution in [1.82, 2.24) is 9.97 Å². The smallest absolute Gasteiger partial charge is 0.256 e. The second-order valence-corrected chi connectivity index (χ2v) is 6.25. The molecule has 6 heteroatoms. The van der Waals surface area contributed by atoms with Crippen LogP contribution in [0.4, 0.5) is 5.69 Å². The summed E-state index contributed by atoms with van der Waals surface area (Å²) in [6.07, 6.45) is 5.55. The van der Waals surface area contributed by atoms with Crippen LogP contribution in [0.1, 0.15) is 35.8 Å². The number of imidazole rings is 1. The number of halogens is 1. The van der Waals surface area contributed by atoms with Crippen molar-refractivity contribution in [2.75, 3.05) is 18.5 Å². The minimum absolute atomic E-state index is 0.121. The van der Waals surface area contributed by atoms with Gasteiger partial charge in [0.1, 0.15) is 5.82 Å². The average molecular weight is 330 g/mol. The van der Waals surface area contributed by atoms with Gasteiger partial charge in [-0.2, -0.15) is 0 Å². The Labute approximate surface area is 138 Å². The molecule has 0 atom stereocenters. The van der Waals surface area contributed by atoms with Crippen molar-refractivity contribution in [2.24, 2.45) is 0 Å². The van der Waals surface area contributed by atoms with Crippen LogP contribution in [-0.4, -0.2) is 29.1 Å². The second kappa shape index (κ2) is 5.83. The highest BCUT2D eigenvalue weighted by Gasteiger charge is 2.25. The summed E-state index contributed by atoms with van der Waals surface area (Å²) in [5, 5.41) is 3.46. The lowest BCUT2D eigenvalue weighted by Crippen LogP contribution is -2.15. The maximum atomic E-state index is 12.2. The molecule has 1 saturated heterocycles. The number of amides is 1. The number of hydrogen-bond donors (Lipinski definition) is 2. The van der Waals surface area contributed by atoms with Crippen molar-refractivity contribution >= 4 is 34.8 Å². The summed E-state index contributed by atoms with van der Waals surface area (Å²) in [4.78, 5) is 20.0. The Balaban J connectivity index is 1.65. The third kappa shape index (κ3) is 2.78. The Morgan fingerprint density at radius 3 is 2.96 bits per heavy atom. The number of hydrogen-bond acceptors (Lipinski definition) is 3. The molecule has 0 radical (unpaired) electrons. The molecule has 2 aliphatic rings. The van der Waals surface area contributed by atoms with E-state index in [9.17, 15) is 4.79 Å². The molecule has 2 aliphatic heterocycles. The molecule has 1 amide bonds. The zero-order valence-corrected chi connectivity index (χ0v) is 13.2. The summed E-state index contributed by atoms with van der Waals surface area (Å²) in [6, 6.07) is 5.39. The molecule has 1 aromatic carbocycles. The molecule has 2 aromatic rings. The number of rotatable bonds is 2. The number of H-pyrrole nitrogens is 1. The van der Waals surface area contributed by atoms with Gasteiger partial charge in [0.25, 0.3) is 5.91 Å². The topological polar surface area (TPSA) is 67.0 Å². The van der Waals surface area contributed by atoms with Gasteiger partial charge in [0, 0.05) is 35.4 Å². The van der Waals surface area contributed by atoms with Crippen LogP contribution >= 0.6 is 11.6 Å². The lowest BCUT2D eigenvalue weighted by atomic mass is 10.00. The average Bonchev–Trinajstić information content (AvgIpc) is 3.15. The van der Waals surface area contributed by atoms with E-state index in [-0.39, 0.29) is 5.91 Å². The number of nitrogens with one attached hydrogen (secondary N) is 2. The highest BCUT2D eigenvalue weighted by atomic mass is 35.5. The summed E-state index contributed by atoms with van der Waals surface area (Å²) in [5.74, 6) is 1.24. The minimum Gasteiger partial charge on any atom is -0.381 e. The molecule has 0 spiro atoms. The number of anilines is 1. The molecule has 0 aliphatic carbocycles. The fourth-order valence-electron chi connectivity index (χ4n) is 3.06. The van der Waals surface area contributed by atoms with Crippen molar-refractivity contribution < 1.29 is 9.53 Å². The number of carbonyl (C=O) groups excluding carboxylic acids is 1. The van der Waals surface area contributed by atoms with E-state index in [1.165, 1.54) is 0 Å². The van der Waals surface area contributed by atoms with Crippen LogP contribution in [-0.2, 0) is 9.53 Å². The second-order valence-electron chi connectivity index (χ2n) is 5.81. The molecule has 2 N–H and O–H groups in total. The molecule has 118 valence electrons. The van der Waals surface area contributed by atoms with Gasteiger partial charge >= 0.3 is 0 Å². The zero-order chi connectivity index (χ0) is 15.8. The van der Waals surface area contributed by atoms with Crippen LogP contribution in [0, 0.1) is 0 Å². The molecule has 0 unspecified atom stereocenters. The Morgan fingerprint density at radius 2 is 2.13 bits per heavy atom. The van der Waals surface area contributed by atoms with Gasteiger partial charge in [-0.25, -0.2) is 4.98 Å². The van der Waals surface area contributed by atoms with Crippen molar-refractivity contribution in [3.8, 4) is 0 Å². The van der Waals surface area contributed by atoms with Crippen LogP contribution in [0.5, 0.6) is 0 Å². The minimum atomic E-state index is -0.121. The first kappa shape index (κ1) is 14.5. The monoisotopic (exact) mass is 329 g/mol. The fourth-order valence-corrected chi connectivity index (χ4v) is 3.23. The Bertz CT molecular complexity index is 791. The summed E-state index contributed by atoms with van der Waals surface area (Å²) in [7, 11) is 0. The maximum Gasteiger partial charge on any atom is 0.256 e. The number of carbonyl (C=O) groups is 1. The van der Waals surface area contributed by atoms with E-state index < -0.39 is 0 Å². The summed E-state index contributed by atoms with van der Waals surface area (Å²) < 4.78 is 5.38. The van der Waals surface area contributed by atoms with Gasteiger partial charge < -0.3 is 15.0 Å². The van der Waals surface area contributed by atoms with Gasteiger partial charge in [0.05, 0.1) is 17.5 Å². The Kier molecular flexibility index (Phi) is 3.67. The van der Waals surface area contributed by atoms with Crippen molar-refractivity contribution in [3.63, 3.8) is 0 Å². The van der Waals surface area contributed by atoms with Gasteiger partial charge in [0.15, 0.2) is 0 Å². The van der Waals surface area contributed by atoms with E-state index in [1.807, 2.05) is 12.1 Å². The number of aromatic nitrogens is 2. The Morgan fingerprint density at radius 1 is 1.30 bits per heavy atom. The molecule has 3 heterocycles. The highest BCUT2D eigenvalue weighted by molar-refractivity contribution is 6.36. The molecule has 0 bridgehead atoms. The van der Waals surface area contributed by atoms with Crippen molar-refractivity contribution in [1.29, 1.82) is 0 Å². The van der Waals surface area contributed by atoms with E-state index in [0.717, 1.165) is 48.8 Å². The summed E-state index contributed by atoms with van der Waals surface area (Å²) in [5.41, 5.74) is 3.04. The van der Waals surface area contributed by atoms with E-state index in [1.54, 1.807) is 18.3 Å². The number of aromatic amines is 1. The normalized spacial score (nSPS) is 19.9. The molecule has 0 saturated carbocycles. The summed E-state index contributed by atoms with van der Waals surface area (Å²) >= 11 is 6.05. The first-order valence-electron chi connectivity index (χ1n) is 7.66. The quantitative estimate of drug-likeness (QED) is 0.829. The van der Waals surface area contributed by atoms with Crippen LogP contribution in [0.15, 0.2) is 24.4 Å². The highest BCUT2D eigenvalue weighted by Crippen LogP contribution is 2.35. The van der Waals surface area contributed by atoms with Gasteiger partial charge in [-0.3, -0.25) is 4.79 Å². The lowest BCUT2D eigenvalue weighted by molar-refractivity contribution is -0.110. The number of ether oxygens (including phenoxy) is 1.